The van der Waals surface area contributed by atoms with Gasteiger partial charge in [-0.05, 0) is 38.5 Å². The second-order valence-electron chi connectivity index (χ2n) is 4.83. The number of fused-ring (bicyclic) bond motifs is 1. The normalized spacial score (nSPS) is 16.8. The van der Waals surface area contributed by atoms with Crippen molar-refractivity contribution in [2.45, 2.75) is 31.2 Å². The fourth-order valence-electron chi connectivity index (χ4n) is 1.37. The Morgan fingerprint density at radius 1 is 1.29 bits per heavy atom. The molecule has 0 saturated carbocycles. The van der Waals surface area contributed by atoms with Gasteiger partial charge in [-0.15, -0.1) is 0 Å². The number of nitrogens with one attached hydrogen (secondary N) is 1. The molecule has 0 radical (unpaired) electrons. The standard InChI is InChI=1S/C12H16N2OS2/c1-12(2,3)13-17(15)14-9-8-10-6-4-5-7-11(10)16-14/h4-9,13H,1-3H3. The minimum absolute atomic E-state index is 0.170. The van der Waals surface area contributed by atoms with Gasteiger partial charge in [-0.25, -0.2) is 12.6 Å². The summed E-state index contributed by atoms with van der Waals surface area (Å²) in [5, 5.41) is 0. The molecule has 1 aliphatic heterocycles. The Morgan fingerprint density at radius 3 is 2.71 bits per heavy atom. The van der Waals surface area contributed by atoms with Crippen molar-refractivity contribution in [2.75, 3.05) is 0 Å². The molecule has 0 fully saturated rings. The van der Waals surface area contributed by atoms with E-state index >= 15 is 0 Å². The highest BCUT2D eigenvalue weighted by atomic mass is 32.2. The van der Waals surface area contributed by atoms with E-state index < -0.39 is 11.2 Å². The molecular weight excluding hydrogens is 252 g/mol. The predicted molar refractivity (Wildman–Crippen MR) is 74.2 cm³/mol. The summed E-state index contributed by atoms with van der Waals surface area (Å²) >= 11 is 0.266. The van der Waals surface area contributed by atoms with Crippen molar-refractivity contribution in [3.8, 4) is 0 Å². The van der Waals surface area contributed by atoms with Crippen LogP contribution in [0.4, 0.5) is 0 Å². The maximum Gasteiger partial charge on any atom is 0.206 e. The minimum Gasteiger partial charge on any atom is -0.223 e. The van der Waals surface area contributed by atoms with Crippen molar-refractivity contribution in [2.24, 2.45) is 0 Å². The summed E-state index contributed by atoms with van der Waals surface area (Å²) in [6, 6.07) is 8.08. The van der Waals surface area contributed by atoms with Crippen LogP contribution in [0.5, 0.6) is 0 Å². The third-order valence-corrected chi connectivity index (χ3v) is 4.78. The van der Waals surface area contributed by atoms with Gasteiger partial charge in [0.25, 0.3) is 0 Å². The van der Waals surface area contributed by atoms with Crippen molar-refractivity contribution in [3.05, 3.63) is 36.0 Å². The molecule has 0 aromatic heterocycles. The topological polar surface area (TPSA) is 32.3 Å². The van der Waals surface area contributed by atoms with Gasteiger partial charge in [0.2, 0.25) is 11.2 Å². The molecule has 92 valence electrons. The van der Waals surface area contributed by atoms with Gasteiger partial charge < -0.3 is 0 Å². The fraction of sp³-hybridized carbons (Fsp3) is 0.333. The van der Waals surface area contributed by atoms with E-state index in [0.717, 1.165) is 4.90 Å². The third-order valence-electron chi connectivity index (χ3n) is 2.04. The van der Waals surface area contributed by atoms with Crippen molar-refractivity contribution in [1.29, 1.82) is 0 Å². The maximum absolute atomic E-state index is 12.1. The molecule has 0 bridgehead atoms. The average molecular weight is 268 g/mol. The monoisotopic (exact) mass is 268 g/mol. The Morgan fingerprint density at radius 2 is 2.00 bits per heavy atom. The smallest absolute Gasteiger partial charge is 0.206 e. The molecule has 1 atom stereocenters. The van der Waals surface area contributed by atoms with Crippen LogP contribution in [-0.2, 0) is 11.2 Å². The lowest BCUT2D eigenvalue weighted by Gasteiger charge is -2.27. The van der Waals surface area contributed by atoms with Crippen LogP contribution >= 0.6 is 11.9 Å². The number of benzene rings is 1. The van der Waals surface area contributed by atoms with E-state index in [4.69, 9.17) is 0 Å². The van der Waals surface area contributed by atoms with Gasteiger partial charge in [-0.2, -0.15) is 0 Å². The van der Waals surface area contributed by atoms with Crippen LogP contribution in [0.25, 0.3) is 6.08 Å². The van der Waals surface area contributed by atoms with Crippen LogP contribution in [-0.4, -0.2) is 13.5 Å². The second kappa shape index (κ2) is 4.84. The summed E-state index contributed by atoms with van der Waals surface area (Å²) < 4.78 is 16.9. The van der Waals surface area contributed by atoms with Gasteiger partial charge in [0.05, 0.1) is 0 Å². The minimum atomic E-state index is -1.22. The summed E-state index contributed by atoms with van der Waals surface area (Å²) in [7, 11) is 0. The Bertz CT molecular complexity index is 466. The first-order valence-electron chi connectivity index (χ1n) is 5.40. The van der Waals surface area contributed by atoms with Crippen molar-refractivity contribution < 1.29 is 4.21 Å². The number of hydrogen-bond acceptors (Lipinski definition) is 2. The summed E-state index contributed by atoms with van der Waals surface area (Å²) in [6.45, 7) is 5.99. The van der Waals surface area contributed by atoms with Crippen LogP contribution < -0.4 is 4.72 Å². The third kappa shape index (κ3) is 3.34. The van der Waals surface area contributed by atoms with Crippen LogP contribution in [0.1, 0.15) is 26.3 Å². The Kier molecular flexibility index (Phi) is 3.61. The zero-order valence-electron chi connectivity index (χ0n) is 10.1. The highest BCUT2D eigenvalue weighted by Crippen LogP contribution is 2.32. The lowest BCUT2D eigenvalue weighted by molar-refractivity contribution is 0.512. The van der Waals surface area contributed by atoms with E-state index in [1.54, 1.807) is 3.71 Å². The van der Waals surface area contributed by atoms with E-state index in [1.165, 1.54) is 17.5 Å². The van der Waals surface area contributed by atoms with Gasteiger partial charge in [0.1, 0.15) is 0 Å². The molecule has 0 spiro atoms. The predicted octanol–water partition coefficient (Wildman–Crippen LogP) is 2.95. The number of hydrogen-bond donors (Lipinski definition) is 1. The van der Waals surface area contributed by atoms with Crippen LogP contribution in [0.2, 0.25) is 0 Å². The molecule has 0 amide bonds. The zero-order valence-corrected chi connectivity index (χ0v) is 11.8. The molecule has 17 heavy (non-hydrogen) atoms. The van der Waals surface area contributed by atoms with E-state index in [-0.39, 0.29) is 5.54 Å². The lowest BCUT2D eigenvalue weighted by atomic mass is 10.1. The molecule has 2 rings (SSSR count). The first kappa shape index (κ1) is 12.7. The first-order chi connectivity index (χ1) is 7.96. The zero-order chi connectivity index (χ0) is 12.5. The molecule has 1 aromatic rings. The SMILES string of the molecule is CC(C)(C)NS(=O)N1C=Cc2ccccc2S1. The summed E-state index contributed by atoms with van der Waals surface area (Å²) in [5.74, 6) is 0. The Hall–Kier alpha value is -0.780. The molecule has 1 N–H and O–H groups in total. The highest BCUT2D eigenvalue weighted by molar-refractivity contribution is 8.06. The number of nitrogens with zero attached hydrogens (tertiary/aromatic N) is 1. The van der Waals surface area contributed by atoms with Crippen LogP contribution in [0.3, 0.4) is 0 Å². The van der Waals surface area contributed by atoms with Crippen molar-refractivity contribution in [3.63, 3.8) is 0 Å². The quantitative estimate of drug-likeness (QED) is 0.836. The van der Waals surface area contributed by atoms with E-state index in [2.05, 4.69) is 10.8 Å². The molecule has 1 aliphatic rings. The summed E-state index contributed by atoms with van der Waals surface area (Å²) in [6.07, 6.45) is 3.83. The molecule has 3 nitrogen and oxygen atoms in total. The molecule has 1 aromatic carbocycles. The molecule has 0 saturated heterocycles. The first-order valence-corrected chi connectivity index (χ1v) is 7.28. The maximum atomic E-state index is 12.1. The van der Waals surface area contributed by atoms with Gasteiger partial charge in [0.15, 0.2) is 0 Å². The summed E-state index contributed by atoms with van der Waals surface area (Å²) in [4.78, 5) is 1.12. The van der Waals surface area contributed by atoms with Gasteiger partial charge in [0, 0.05) is 28.6 Å². The fourth-order valence-corrected chi connectivity index (χ4v) is 3.47. The molecule has 1 heterocycles. The van der Waals surface area contributed by atoms with E-state index in [0.29, 0.717) is 0 Å². The van der Waals surface area contributed by atoms with E-state index in [1.807, 2.05) is 51.2 Å². The van der Waals surface area contributed by atoms with Gasteiger partial charge in [-0.1, -0.05) is 18.2 Å². The molecular formula is C12H16N2OS2. The molecule has 5 heteroatoms. The van der Waals surface area contributed by atoms with Crippen LogP contribution in [0.15, 0.2) is 35.4 Å². The highest BCUT2D eigenvalue weighted by Gasteiger charge is 2.20. The van der Waals surface area contributed by atoms with E-state index in [9.17, 15) is 4.21 Å². The summed E-state index contributed by atoms with van der Waals surface area (Å²) in [5.41, 5.74) is 0.998. The average Bonchev–Trinajstić information content (AvgIpc) is 2.26. The number of rotatable bonds is 2. The van der Waals surface area contributed by atoms with Gasteiger partial charge >= 0.3 is 0 Å². The Balaban J connectivity index is 2.11. The van der Waals surface area contributed by atoms with Crippen molar-refractivity contribution >= 4 is 29.2 Å². The Labute approximate surface area is 109 Å². The second-order valence-corrected chi connectivity index (χ2v) is 7.17. The van der Waals surface area contributed by atoms with Gasteiger partial charge in [-0.3, -0.25) is 0 Å². The van der Waals surface area contributed by atoms with Crippen LogP contribution in [0, 0.1) is 0 Å². The lowest BCUT2D eigenvalue weighted by Crippen LogP contribution is -2.41. The largest absolute Gasteiger partial charge is 0.223 e. The molecule has 1 unspecified atom stereocenters. The van der Waals surface area contributed by atoms with Crippen molar-refractivity contribution in [1.82, 2.24) is 8.43 Å². The molecule has 0 aliphatic carbocycles.